The van der Waals surface area contributed by atoms with E-state index < -0.39 is 0 Å². The van der Waals surface area contributed by atoms with Gasteiger partial charge in [0, 0.05) is 18.4 Å². The van der Waals surface area contributed by atoms with Gasteiger partial charge in [-0.15, -0.1) is 0 Å². The third kappa shape index (κ3) is 3.25. The molecule has 0 aromatic rings. The summed E-state index contributed by atoms with van der Waals surface area (Å²) < 4.78 is 11.6. The number of carbonyl (C=O) groups excluding carboxylic acids is 1. The quantitative estimate of drug-likeness (QED) is 0.730. The molecular weight excluding hydrogens is 298 g/mol. The highest BCUT2D eigenvalue weighted by atomic mass is 79.9. The number of hydrogen-bond donors (Lipinski definition) is 0. The first-order valence-corrected chi connectivity index (χ1v) is 7.71. The van der Waals surface area contributed by atoms with Crippen LogP contribution in [0.4, 0.5) is 0 Å². The van der Waals surface area contributed by atoms with Gasteiger partial charge in [-0.05, 0) is 33.6 Å². The molecular formula is C13H22BrNO3. The van der Waals surface area contributed by atoms with Gasteiger partial charge in [-0.25, -0.2) is 0 Å². The smallest absolute Gasteiger partial charge is 0.251 e. The van der Waals surface area contributed by atoms with Crippen LogP contribution in [0, 0.1) is 0 Å². The minimum atomic E-state index is -0.281. The van der Waals surface area contributed by atoms with Gasteiger partial charge < -0.3 is 14.4 Å². The second-order valence-corrected chi connectivity index (χ2v) is 6.53. The SMILES string of the molecule is CC1CCC(C(=O)N2CC(CBr)OC(C)(C)C2)O1. The summed E-state index contributed by atoms with van der Waals surface area (Å²) in [5, 5.41) is 0.752. The maximum absolute atomic E-state index is 12.4. The number of amides is 1. The third-order valence-corrected chi connectivity index (χ3v) is 4.19. The predicted octanol–water partition coefficient (Wildman–Crippen LogP) is 1.95. The number of morpholine rings is 1. The monoisotopic (exact) mass is 319 g/mol. The van der Waals surface area contributed by atoms with Crippen molar-refractivity contribution in [1.29, 1.82) is 0 Å². The van der Waals surface area contributed by atoms with Gasteiger partial charge in [-0.1, -0.05) is 15.9 Å². The van der Waals surface area contributed by atoms with E-state index in [1.807, 2.05) is 25.7 Å². The van der Waals surface area contributed by atoms with Crippen molar-refractivity contribution >= 4 is 21.8 Å². The summed E-state index contributed by atoms with van der Waals surface area (Å²) in [5.41, 5.74) is -0.281. The molecule has 5 heteroatoms. The van der Waals surface area contributed by atoms with Crippen molar-refractivity contribution in [2.24, 2.45) is 0 Å². The van der Waals surface area contributed by atoms with E-state index in [1.165, 1.54) is 0 Å². The summed E-state index contributed by atoms with van der Waals surface area (Å²) in [6.45, 7) is 7.38. The Bertz CT molecular complexity index is 321. The minimum absolute atomic E-state index is 0.0662. The van der Waals surface area contributed by atoms with Crippen molar-refractivity contribution in [3.8, 4) is 0 Å². The zero-order valence-corrected chi connectivity index (χ0v) is 12.9. The van der Waals surface area contributed by atoms with Crippen LogP contribution >= 0.6 is 15.9 Å². The maximum Gasteiger partial charge on any atom is 0.251 e. The van der Waals surface area contributed by atoms with Crippen LogP contribution in [0.1, 0.15) is 33.6 Å². The normalized spacial score (nSPS) is 35.8. The number of halogens is 1. The van der Waals surface area contributed by atoms with Gasteiger partial charge in [-0.2, -0.15) is 0 Å². The molecule has 0 aromatic carbocycles. The van der Waals surface area contributed by atoms with Crippen LogP contribution < -0.4 is 0 Å². The van der Waals surface area contributed by atoms with Crippen LogP contribution in [0.3, 0.4) is 0 Å². The van der Waals surface area contributed by atoms with Crippen LogP contribution in [0.2, 0.25) is 0 Å². The molecule has 3 unspecified atom stereocenters. The van der Waals surface area contributed by atoms with Gasteiger partial charge in [0.1, 0.15) is 6.10 Å². The first-order valence-electron chi connectivity index (χ1n) is 6.59. The molecule has 0 bridgehead atoms. The standard InChI is InChI=1S/C13H22BrNO3/c1-9-4-5-11(17-9)12(16)15-7-10(6-14)18-13(2,3)8-15/h9-11H,4-8H2,1-3H3. The van der Waals surface area contributed by atoms with E-state index in [9.17, 15) is 4.79 Å². The number of nitrogens with zero attached hydrogens (tertiary/aromatic N) is 1. The lowest BCUT2D eigenvalue weighted by atomic mass is 10.0. The number of alkyl halides is 1. The molecule has 2 fully saturated rings. The Balaban J connectivity index is 2.00. The summed E-state index contributed by atoms with van der Waals surface area (Å²) in [6, 6.07) is 0. The van der Waals surface area contributed by atoms with E-state index >= 15 is 0 Å². The zero-order valence-electron chi connectivity index (χ0n) is 11.3. The summed E-state index contributed by atoms with van der Waals surface area (Å²) >= 11 is 3.44. The fourth-order valence-electron chi connectivity index (χ4n) is 2.73. The summed E-state index contributed by atoms with van der Waals surface area (Å²) in [5.74, 6) is 0.127. The lowest BCUT2D eigenvalue weighted by molar-refractivity contribution is -0.165. The zero-order chi connectivity index (χ0) is 13.3. The van der Waals surface area contributed by atoms with E-state index in [4.69, 9.17) is 9.47 Å². The molecule has 0 spiro atoms. The molecule has 0 aliphatic carbocycles. The van der Waals surface area contributed by atoms with Crippen molar-refractivity contribution in [1.82, 2.24) is 4.90 Å². The number of hydrogen-bond acceptors (Lipinski definition) is 3. The highest BCUT2D eigenvalue weighted by Gasteiger charge is 2.39. The Labute approximate surface area is 117 Å². The van der Waals surface area contributed by atoms with Crippen molar-refractivity contribution in [3.63, 3.8) is 0 Å². The highest BCUT2D eigenvalue weighted by molar-refractivity contribution is 9.09. The minimum Gasteiger partial charge on any atom is -0.368 e. The molecule has 18 heavy (non-hydrogen) atoms. The number of carbonyl (C=O) groups is 1. The summed E-state index contributed by atoms with van der Waals surface area (Å²) in [6.07, 6.45) is 1.85. The lowest BCUT2D eigenvalue weighted by Gasteiger charge is -2.43. The second kappa shape index (κ2) is 5.47. The molecule has 0 radical (unpaired) electrons. The molecule has 2 rings (SSSR count). The van der Waals surface area contributed by atoms with Gasteiger partial charge >= 0.3 is 0 Å². The summed E-state index contributed by atoms with van der Waals surface area (Å²) in [7, 11) is 0. The van der Waals surface area contributed by atoms with Gasteiger partial charge in [0.25, 0.3) is 5.91 Å². The fourth-order valence-corrected chi connectivity index (χ4v) is 3.07. The molecule has 1 amide bonds. The highest BCUT2D eigenvalue weighted by Crippen LogP contribution is 2.26. The number of ether oxygens (including phenoxy) is 2. The fraction of sp³-hybridized carbons (Fsp3) is 0.923. The molecule has 0 saturated carbocycles. The van der Waals surface area contributed by atoms with E-state index in [-0.39, 0.29) is 29.8 Å². The average molecular weight is 320 g/mol. The Morgan fingerprint density at radius 2 is 2.17 bits per heavy atom. The van der Waals surface area contributed by atoms with Crippen LogP contribution in [-0.4, -0.2) is 53.1 Å². The second-order valence-electron chi connectivity index (χ2n) is 5.89. The average Bonchev–Trinajstić information content (AvgIpc) is 2.72. The van der Waals surface area contributed by atoms with E-state index in [0.717, 1.165) is 18.2 Å². The van der Waals surface area contributed by atoms with Crippen LogP contribution in [0.15, 0.2) is 0 Å². The van der Waals surface area contributed by atoms with Crippen molar-refractivity contribution in [2.75, 3.05) is 18.4 Å². The van der Waals surface area contributed by atoms with Gasteiger partial charge in [0.05, 0.1) is 17.8 Å². The molecule has 0 aromatic heterocycles. The van der Waals surface area contributed by atoms with Crippen LogP contribution in [-0.2, 0) is 14.3 Å². The molecule has 0 N–H and O–H groups in total. The molecule has 2 heterocycles. The molecule has 104 valence electrons. The molecule has 4 nitrogen and oxygen atoms in total. The Kier molecular flexibility index (Phi) is 4.34. The van der Waals surface area contributed by atoms with E-state index in [2.05, 4.69) is 15.9 Å². The Morgan fingerprint density at radius 1 is 1.44 bits per heavy atom. The predicted molar refractivity (Wildman–Crippen MR) is 72.9 cm³/mol. The Hall–Kier alpha value is -0.130. The number of rotatable bonds is 2. The third-order valence-electron chi connectivity index (χ3n) is 3.47. The van der Waals surface area contributed by atoms with Crippen molar-refractivity contribution in [3.05, 3.63) is 0 Å². The van der Waals surface area contributed by atoms with Crippen molar-refractivity contribution < 1.29 is 14.3 Å². The Morgan fingerprint density at radius 3 is 2.72 bits per heavy atom. The lowest BCUT2D eigenvalue weighted by Crippen LogP contribution is -2.57. The largest absolute Gasteiger partial charge is 0.368 e. The van der Waals surface area contributed by atoms with Gasteiger partial charge in [-0.3, -0.25) is 4.79 Å². The molecule has 2 saturated heterocycles. The summed E-state index contributed by atoms with van der Waals surface area (Å²) in [4.78, 5) is 14.3. The molecule has 3 atom stereocenters. The van der Waals surface area contributed by atoms with Gasteiger partial charge in [0.2, 0.25) is 0 Å². The van der Waals surface area contributed by atoms with E-state index in [0.29, 0.717) is 13.1 Å². The maximum atomic E-state index is 12.4. The van der Waals surface area contributed by atoms with Crippen LogP contribution in [0.25, 0.3) is 0 Å². The first kappa shape index (κ1) is 14.3. The van der Waals surface area contributed by atoms with E-state index in [1.54, 1.807) is 0 Å². The molecule has 2 aliphatic heterocycles. The molecule has 2 aliphatic rings. The first-order chi connectivity index (χ1) is 8.41. The van der Waals surface area contributed by atoms with Gasteiger partial charge in [0.15, 0.2) is 0 Å². The van der Waals surface area contributed by atoms with Crippen molar-refractivity contribution in [2.45, 2.75) is 57.5 Å². The van der Waals surface area contributed by atoms with Crippen LogP contribution in [0.5, 0.6) is 0 Å². The topological polar surface area (TPSA) is 38.8 Å².